The molecule has 0 amide bonds. The third-order valence-corrected chi connectivity index (χ3v) is 2.64. The number of hydrogen-bond donors (Lipinski definition) is 1. The summed E-state index contributed by atoms with van der Waals surface area (Å²) in [6, 6.07) is 0. The van der Waals surface area contributed by atoms with Gasteiger partial charge in [0.2, 0.25) is 0 Å². The van der Waals surface area contributed by atoms with E-state index in [-0.39, 0.29) is 5.69 Å². The maximum absolute atomic E-state index is 11.1. The minimum Gasteiger partial charge on any atom is -0.476 e. The highest BCUT2D eigenvalue weighted by Gasteiger charge is 2.21. The highest BCUT2D eigenvalue weighted by molar-refractivity contribution is 5.92. The van der Waals surface area contributed by atoms with E-state index in [4.69, 9.17) is 5.11 Å². The van der Waals surface area contributed by atoms with Gasteiger partial charge >= 0.3 is 5.97 Å². The fourth-order valence-electron chi connectivity index (χ4n) is 1.75. The van der Waals surface area contributed by atoms with Crippen molar-refractivity contribution in [3.63, 3.8) is 0 Å². The number of carboxylic acid groups (broad SMARTS) is 1. The Hall–Kier alpha value is -2.18. The van der Waals surface area contributed by atoms with Crippen molar-refractivity contribution in [2.75, 3.05) is 0 Å². The van der Waals surface area contributed by atoms with Gasteiger partial charge in [0, 0.05) is 25.4 Å². The summed E-state index contributed by atoms with van der Waals surface area (Å²) in [5.74, 6) is -1.07. The number of unbranched alkanes of at least 4 members (excludes halogenated alkanes) is 1. The van der Waals surface area contributed by atoms with Gasteiger partial charge in [-0.05, 0) is 6.42 Å². The average Bonchev–Trinajstić information content (AvgIpc) is 2.91. The largest absolute Gasteiger partial charge is 0.476 e. The fourth-order valence-corrected chi connectivity index (χ4v) is 1.75. The van der Waals surface area contributed by atoms with E-state index in [0.29, 0.717) is 12.2 Å². The van der Waals surface area contributed by atoms with Crippen molar-refractivity contribution in [3.05, 3.63) is 18.1 Å². The molecule has 7 nitrogen and oxygen atoms in total. The fraction of sp³-hybridized carbons (Fsp3) is 0.455. The molecule has 0 atom stereocenters. The lowest BCUT2D eigenvalue weighted by atomic mass is 10.2. The number of aromatic nitrogens is 5. The van der Waals surface area contributed by atoms with Gasteiger partial charge < -0.3 is 5.11 Å². The van der Waals surface area contributed by atoms with Crippen molar-refractivity contribution in [2.45, 2.75) is 26.3 Å². The van der Waals surface area contributed by atoms with E-state index >= 15 is 0 Å². The quantitative estimate of drug-likeness (QED) is 0.859. The Bertz CT molecular complexity index is 558. The molecule has 0 aromatic carbocycles. The number of hydrogen-bond acceptors (Lipinski definition) is 4. The molecule has 0 fully saturated rings. The van der Waals surface area contributed by atoms with Gasteiger partial charge in [0.05, 0.1) is 6.20 Å². The van der Waals surface area contributed by atoms with Crippen molar-refractivity contribution < 1.29 is 9.90 Å². The zero-order chi connectivity index (χ0) is 13.1. The zero-order valence-corrected chi connectivity index (χ0v) is 10.4. The highest BCUT2D eigenvalue weighted by atomic mass is 16.4. The van der Waals surface area contributed by atoms with Crippen LogP contribution in [0, 0.1) is 0 Å². The smallest absolute Gasteiger partial charge is 0.358 e. The van der Waals surface area contributed by atoms with E-state index in [2.05, 4.69) is 22.3 Å². The van der Waals surface area contributed by atoms with Crippen molar-refractivity contribution in [3.8, 4) is 11.3 Å². The minimum atomic E-state index is -1.07. The van der Waals surface area contributed by atoms with Crippen LogP contribution < -0.4 is 0 Å². The predicted octanol–water partition coefficient (Wildman–Crippen LogP) is 1.18. The molecule has 0 bridgehead atoms. The van der Waals surface area contributed by atoms with Crippen molar-refractivity contribution in [1.29, 1.82) is 0 Å². The van der Waals surface area contributed by atoms with Crippen LogP contribution in [0.3, 0.4) is 0 Å². The molecule has 2 rings (SSSR count). The molecule has 0 saturated carbocycles. The van der Waals surface area contributed by atoms with Crippen LogP contribution >= 0.6 is 0 Å². The first-order chi connectivity index (χ1) is 8.63. The molecule has 18 heavy (non-hydrogen) atoms. The van der Waals surface area contributed by atoms with Crippen LogP contribution in [0.15, 0.2) is 12.4 Å². The molecular weight excluding hydrogens is 234 g/mol. The average molecular weight is 249 g/mol. The van der Waals surface area contributed by atoms with E-state index in [0.717, 1.165) is 18.4 Å². The van der Waals surface area contributed by atoms with Crippen molar-refractivity contribution in [2.24, 2.45) is 7.05 Å². The number of nitrogens with zero attached hydrogens (tertiary/aromatic N) is 5. The summed E-state index contributed by atoms with van der Waals surface area (Å²) in [6.07, 6.45) is 5.31. The Morgan fingerprint density at radius 3 is 2.83 bits per heavy atom. The Labute approximate surface area is 104 Å². The van der Waals surface area contributed by atoms with Gasteiger partial charge in [-0.25, -0.2) is 9.48 Å². The summed E-state index contributed by atoms with van der Waals surface area (Å²) >= 11 is 0. The summed E-state index contributed by atoms with van der Waals surface area (Å²) in [6.45, 7) is 2.72. The second-order valence-corrected chi connectivity index (χ2v) is 4.07. The van der Waals surface area contributed by atoms with Crippen LogP contribution in [0.2, 0.25) is 0 Å². The second kappa shape index (κ2) is 4.99. The molecule has 0 unspecified atom stereocenters. The first kappa shape index (κ1) is 12.3. The van der Waals surface area contributed by atoms with Crippen LogP contribution in [0.25, 0.3) is 11.3 Å². The predicted molar refractivity (Wildman–Crippen MR) is 64.1 cm³/mol. The number of aromatic carboxylic acids is 1. The number of aryl methyl sites for hydroxylation is 2. The number of carboxylic acids is 1. The normalized spacial score (nSPS) is 10.8. The monoisotopic (exact) mass is 249 g/mol. The van der Waals surface area contributed by atoms with Crippen LogP contribution in [0.4, 0.5) is 0 Å². The minimum absolute atomic E-state index is 0.0286. The maximum atomic E-state index is 11.1. The van der Waals surface area contributed by atoms with Gasteiger partial charge in [-0.15, -0.1) is 5.10 Å². The molecule has 2 heterocycles. The Balaban J connectivity index is 2.46. The molecule has 0 spiro atoms. The van der Waals surface area contributed by atoms with Crippen molar-refractivity contribution in [1.82, 2.24) is 24.8 Å². The molecule has 0 aliphatic rings. The highest BCUT2D eigenvalue weighted by Crippen LogP contribution is 2.22. The lowest BCUT2D eigenvalue weighted by Gasteiger charge is -2.03. The van der Waals surface area contributed by atoms with Gasteiger partial charge in [0.25, 0.3) is 0 Å². The summed E-state index contributed by atoms with van der Waals surface area (Å²) in [5.41, 5.74) is 1.21. The lowest BCUT2D eigenvalue weighted by molar-refractivity contribution is 0.0691. The third kappa shape index (κ3) is 2.24. The van der Waals surface area contributed by atoms with Crippen LogP contribution in [0.5, 0.6) is 0 Å². The molecule has 0 saturated heterocycles. The van der Waals surface area contributed by atoms with Gasteiger partial charge in [-0.3, -0.25) is 4.68 Å². The summed E-state index contributed by atoms with van der Waals surface area (Å²) < 4.78 is 3.25. The summed E-state index contributed by atoms with van der Waals surface area (Å²) in [7, 11) is 1.78. The Morgan fingerprint density at radius 2 is 2.28 bits per heavy atom. The van der Waals surface area contributed by atoms with Gasteiger partial charge in [-0.2, -0.15) is 5.10 Å². The first-order valence-corrected chi connectivity index (χ1v) is 5.79. The SMILES string of the molecule is CCCCn1nnc(C(=O)O)c1-c1cnn(C)c1. The summed E-state index contributed by atoms with van der Waals surface area (Å²) in [5, 5.41) is 20.8. The molecule has 96 valence electrons. The molecule has 7 heteroatoms. The summed E-state index contributed by atoms with van der Waals surface area (Å²) in [4.78, 5) is 11.1. The Morgan fingerprint density at radius 1 is 1.50 bits per heavy atom. The van der Waals surface area contributed by atoms with Gasteiger partial charge in [0.15, 0.2) is 5.69 Å². The second-order valence-electron chi connectivity index (χ2n) is 4.07. The molecule has 0 aliphatic carbocycles. The van der Waals surface area contributed by atoms with E-state index in [1.807, 2.05) is 0 Å². The third-order valence-electron chi connectivity index (χ3n) is 2.64. The van der Waals surface area contributed by atoms with Crippen LogP contribution in [-0.2, 0) is 13.6 Å². The number of carbonyl (C=O) groups is 1. The Kier molecular flexibility index (Phi) is 3.40. The van der Waals surface area contributed by atoms with Crippen molar-refractivity contribution >= 4 is 5.97 Å². The number of rotatable bonds is 5. The molecule has 0 radical (unpaired) electrons. The molecular formula is C11H15N5O2. The van der Waals surface area contributed by atoms with Gasteiger partial charge in [0.1, 0.15) is 5.69 Å². The molecule has 2 aromatic rings. The standard InChI is InChI=1S/C11H15N5O2/c1-3-4-5-16-10(8-6-12-15(2)7-8)9(11(17)18)13-14-16/h6-7H,3-5H2,1-2H3,(H,17,18). The van der Waals surface area contributed by atoms with E-state index in [9.17, 15) is 4.79 Å². The zero-order valence-electron chi connectivity index (χ0n) is 10.4. The van der Waals surface area contributed by atoms with Gasteiger partial charge in [-0.1, -0.05) is 18.6 Å². The van der Waals surface area contributed by atoms with E-state index in [1.165, 1.54) is 0 Å². The molecule has 2 aromatic heterocycles. The topological polar surface area (TPSA) is 85.8 Å². The molecule has 0 aliphatic heterocycles. The maximum Gasteiger partial charge on any atom is 0.358 e. The van der Waals surface area contributed by atoms with E-state index < -0.39 is 5.97 Å². The first-order valence-electron chi connectivity index (χ1n) is 5.79. The lowest BCUT2D eigenvalue weighted by Crippen LogP contribution is -2.04. The van der Waals surface area contributed by atoms with E-state index in [1.54, 1.807) is 28.8 Å². The molecule has 1 N–H and O–H groups in total. The van der Waals surface area contributed by atoms with Crippen LogP contribution in [0.1, 0.15) is 30.3 Å². The van der Waals surface area contributed by atoms with Crippen LogP contribution in [-0.4, -0.2) is 35.9 Å².